The van der Waals surface area contributed by atoms with E-state index in [1.165, 1.54) is 6.42 Å². The third-order valence-electron chi connectivity index (χ3n) is 3.72. The predicted octanol–water partition coefficient (Wildman–Crippen LogP) is 1.47. The van der Waals surface area contributed by atoms with Crippen LogP contribution in [-0.2, 0) is 11.3 Å². The summed E-state index contributed by atoms with van der Waals surface area (Å²) in [5.41, 5.74) is -0.760. The highest BCUT2D eigenvalue weighted by molar-refractivity contribution is 5.76. The zero-order valence-corrected chi connectivity index (χ0v) is 11.3. The molecule has 0 aromatic carbocycles. The number of rotatable bonds is 6. The van der Waals surface area contributed by atoms with Crippen molar-refractivity contribution in [3.05, 3.63) is 18.5 Å². The van der Waals surface area contributed by atoms with Gasteiger partial charge in [0.25, 0.3) is 0 Å². The molecule has 1 aromatic rings. The molecule has 5 heteroatoms. The highest BCUT2D eigenvalue weighted by Crippen LogP contribution is 2.30. The summed E-state index contributed by atoms with van der Waals surface area (Å²) >= 11 is 0. The molecular formula is C14H23N3O2. The van der Waals surface area contributed by atoms with E-state index in [4.69, 9.17) is 0 Å². The highest BCUT2D eigenvalue weighted by atomic mass is 16.3. The summed E-state index contributed by atoms with van der Waals surface area (Å²) in [5, 5.41) is 17.3. The normalized spacial score (nSPS) is 18.2. The van der Waals surface area contributed by atoms with E-state index < -0.39 is 5.60 Å². The number of amides is 1. The van der Waals surface area contributed by atoms with E-state index >= 15 is 0 Å². The van der Waals surface area contributed by atoms with Gasteiger partial charge in [-0.15, -0.1) is 0 Å². The summed E-state index contributed by atoms with van der Waals surface area (Å²) in [5.74, 6) is -0.0372. The summed E-state index contributed by atoms with van der Waals surface area (Å²) in [7, 11) is 0. The van der Waals surface area contributed by atoms with Gasteiger partial charge in [-0.25, -0.2) is 0 Å². The topological polar surface area (TPSA) is 67.2 Å². The smallest absolute Gasteiger partial charge is 0.222 e. The molecule has 1 fully saturated rings. The second-order valence-electron chi connectivity index (χ2n) is 5.43. The maximum Gasteiger partial charge on any atom is 0.222 e. The lowest BCUT2D eigenvalue weighted by Gasteiger charge is -2.31. The van der Waals surface area contributed by atoms with Gasteiger partial charge in [-0.05, 0) is 25.3 Å². The Morgan fingerprint density at radius 2 is 2.16 bits per heavy atom. The maximum atomic E-state index is 11.8. The van der Waals surface area contributed by atoms with Crippen molar-refractivity contribution in [2.75, 3.05) is 6.54 Å². The molecule has 19 heavy (non-hydrogen) atoms. The van der Waals surface area contributed by atoms with Gasteiger partial charge in [0.2, 0.25) is 5.91 Å². The minimum Gasteiger partial charge on any atom is -0.389 e. The summed E-state index contributed by atoms with van der Waals surface area (Å²) < 4.78 is 1.85. The van der Waals surface area contributed by atoms with Crippen molar-refractivity contribution < 1.29 is 9.90 Å². The van der Waals surface area contributed by atoms with Gasteiger partial charge < -0.3 is 10.4 Å². The van der Waals surface area contributed by atoms with Crippen LogP contribution in [0, 0.1) is 0 Å². The molecular weight excluding hydrogens is 242 g/mol. The molecule has 0 saturated heterocycles. The highest BCUT2D eigenvalue weighted by Gasteiger charge is 2.31. The standard InChI is InChI=1S/C14H23N3O2/c18-13(12-14(19)6-2-1-3-7-14)15-8-4-10-17-11-5-9-16-17/h5,9,11,19H,1-4,6-8,10,12H2,(H,15,18). The molecule has 0 atom stereocenters. The van der Waals surface area contributed by atoms with Gasteiger partial charge in [-0.2, -0.15) is 5.10 Å². The largest absolute Gasteiger partial charge is 0.389 e. The second-order valence-corrected chi connectivity index (χ2v) is 5.43. The van der Waals surface area contributed by atoms with Crippen LogP contribution in [0.25, 0.3) is 0 Å². The molecule has 0 aliphatic heterocycles. The number of hydrogen-bond acceptors (Lipinski definition) is 3. The van der Waals surface area contributed by atoms with E-state index in [0.29, 0.717) is 6.54 Å². The van der Waals surface area contributed by atoms with Crippen LogP contribution < -0.4 is 5.32 Å². The second kappa shape index (κ2) is 6.70. The Hall–Kier alpha value is -1.36. The van der Waals surface area contributed by atoms with E-state index in [-0.39, 0.29) is 12.3 Å². The van der Waals surface area contributed by atoms with E-state index in [9.17, 15) is 9.90 Å². The van der Waals surface area contributed by atoms with Crippen molar-refractivity contribution in [2.24, 2.45) is 0 Å². The van der Waals surface area contributed by atoms with Crippen LogP contribution in [0.5, 0.6) is 0 Å². The minimum atomic E-state index is -0.760. The molecule has 1 aliphatic carbocycles. The van der Waals surface area contributed by atoms with Gasteiger partial charge >= 0.3 is 0 Å². The van der Waals surface area contributed by atoms with Gasteiger partial charge in [-0.1, -0.05) is 19.3 Å². The Bertz CT molecular complexity index is 383. The van der Waals surface area contributed by atoms with Crippen molar-refractivity contribution in [3.63, 3.8) is 0 Å². The number of nitrogens with zero attached hydrogens (tertiary/aromatic N) is 2. The van der Waals surface area contributed by atoms with Crippen LogP contribution in [0.4, 0.5) is 0 Å². The number of aryl methyl sites for hydroxylation is 1. The summed E-state index contributed by atoms with van der Waals surface area (Å²) in [4.78, 5) is 11.8. The zero-order valence-electron chi connectivity index (χ0n) is 11.3. The van der Waals surface area contributed by atoms with Crippen molar-refractivity contribution >= 4 is 5.91 Å². The van der Waals surface area contributed by atoms with Crippen molar-refractivity contribution in [2.45, 2.75) is 57.1 Å². The Morgan fingerprint density at radius 1 is 1.37 bits per heavy atom. The molecule has 2 N–H and O–H groups in total. The van der Waals surface area contributed by atoms with Crippen LogP contribution in [0.15, 0.2) is 18.5 Å². The average Bonchev–Trinajstić information content (AvgIpc) is 2.88. The Morgan fingerprint density at radius 3 is 2.84 bits per heavy atom. The first-order valence-electron chi connectivity index (χ1n) is 7.14. The molecule has 0 radical (unpaired) electrons. The predicted molar refractivity (Wildman–Crippen MR) is 72.5 cm³/mol. The fourth-order valence-corrected chi connectivity index (χ4v) is 2.65. The van der Waals surface area contributed by atoms with Crippen LogP contribution in [0.1, 0.15) is 44.9 Å². The summed E-state index contributed by atoms with van der Waals surface area (Å²) in [6.07, 6.45) is 9.51. The molecule has 0 bridgehead atoms. The monoisotopic (exact) mass is 265 g/mol. The van der Waals surface area contributed by atoms with E-state index in [1.54, 1.807) is 6.20 Å². The molecule has 1 aliphatic rings. The molecule has 1 saturated carbocycles. The van der Waals surface area contributed by atoms with Gasteiger partial charge in [0.05, 0.1) is 12.0 Å². The lowest BCUT2D eigenvalue weighted by molar-refractivity contribution is -0.127. The van der Waals surface area contributed by atoms with Gasteiger partial charge in [-0.3, -0.25) is 9.48 Å². The first-order chi connectivity index (χ1) is 9.18. The third kappa shape index (κ3) is 4.67. The van der Waals surface area contributed by atoms with Crippen molar-refractivity contribution in [3.8, 4) is 0 Å². The number of carbonyl (C=O) groups is 1. The molecule has 5 nitrogen and oxygen atoms in total. The van der Waals surface area contributed by atoms with Gasteiger partial charge in [0.1, 0.15) is 0 Å². The maximum absolute atomic E-state index is 11.8. The first-order valence-corrected chi connectivity index (χ1v) is 7.14. The van der Waals surface area contributed by atoms with E-state index in [1.807, 2.05) is 16.9 Å². The minimum absolute atomic E-state index is 0.0372. The average molecular weight is 265 g/mol. The Kier molecular flexibility index (Phi) is 4.96. The SMILES string of the molecule is O=C(CC1(O)CCCCC1)NCCCn1cccn1. The lowest BCUT2D eigenvalue weighted by atomic mass is 9.82. The molecule has 0 unspecified atom stereocenters. The Labute approximate surface area is 114 Å². The Balaban J connectivity index is 1.61. The van der Waals surface area contributed by atoms with E-state index in [0.717, 1.165) is 38.6 Å². The van der Waals surface area contributed by atoms with Gasteiger partial charge in [0, 0.05) is 25.5 Å². The fraction of sp³-hybridized carbons (Fsp3) is 0.714. The summed E-state index contributed by atoms with van der Waals surface area (Å²) in [6.45, 7) is 1.44. The quantitative estimate of drug-likeness (QED) is 0.765. The fourth-order valence-electron chi connectivity index (χ4n) is 2.65. The number of aliphatic hydroxyl groups is 1. The van der Waals surface area contributed by atoms with Crippen LogP contribution >= 0.6 is 0 Å². The number of carbonyl (C=O) groups excluding carboxylic acids is 1. The van der Waals surface area contributed by atoms with Crippen molar-refractivity contribution in [1.29, 1.82) is 0 Å². The molecule has 1 aromatic heterocycles. The molecule has 106 valence electrons. The summed E-state index contributed by atoms with van der Waals surface area (Å²) in [6, 6.07) is 1.89. The van der Waals surface area contributed by atoms with Gasteiger partial charge in [0.15, 0.2) is 0 Å². The number of nitrogens with one attached hydrogen (secondary N) is 1. The molecule has 1 amide bonds. The molecule has 1 heterocycles. The first kappa shape index (κ1) is 14.1. The van der Waals surface area contributed by atoms with Crippen LogP contribution in [-0.4, -0.2) is 32.9 Å². The molecule has 2 rings (SSSR count). The van der Waals surface area contributed by atoms with Crippen molar-refractivity contribution in [1.82, 2.24) is 15.1 Å². The molecule has 0 spiro atoms. The number of hydrogen-bond donors (Lipinski definition) is 2. The van der Waals surface area contributed by atoms with Crippen LogP contribution in [0.3, 0.4) is 0 Å². The van der Waals surface area contributed by atoms with E-state index in [2.05, 4.69) is 10.4 Å². The van der Waals surface area contributed by atoms with Crippen LogP contribution in [0.2, 0.25) is 0 Å². The third-order valence-corrected chi connectivity index (χ3v) is 3.72. The zero-order chi connectivity index (χ0) is 13.6. The lowest BCUT2D eigenvalue weighted by Crippen LogP contribution is -2.38. The number of aromatic nitrogens is 2.